The smallest absolute Gasteiger partial charge is 0.161 e. The molecule has 3 rings (SSSR count). The Bertz CT molecular complexity index is 595. The average molecular weight is 313 g/mol. The van der Waals surface area contributed by atoms with Crippen molar-refractivity contribution in [2.24, 2.45) is 0 Å². The van der Waals surface area contributed by atoms with Crippen molar-refractivity contribution in [1.82, 2.24) is 0 Å². The van der Waals surface area contributed by atoms with Gasteiger partial charge in [-0.25, -0.2) is 0 Å². The lowest BCUT2D eigenvalue weighted by Gasteiger charge is -2.33. The van der Waals surface area contributed by atoms with Crippen molar-refractivity contribution in [2.75, 3.05) is 51.3 Å². The zero-order valence-electron chi connectivity index (χ0n) is 13.7. The van der Waals surface area contributed by atoms with Crippen LogP contribution in [0.1, 0.15) is 0 Å². The molecule has 0 saturated carbocycles. The van der Waals surface area contributed by atoms with Gasteiger partial charge in [-0.2, -0.15) is 0 Å². The van der Waals surface area contributed by atoms with E-state index in [0.717, 1.165) is 50.8 Å². The Labute approximate surface area is 138 Å². The maximum Gasteiger partial charge on any atom is 0.161 e. The molecule has 4 heteroatoms. The highest BCUT2D eigenvalue weighted by Gasteiger charge is 2.19. The van der Waals surface area contributed by atoms with Crippen molar-refractivity contribution < 1.29 is 14.4 Å². The van der Waals surface area contributed by atoms with E-state index in [2.05, 4.69) is 35.2 Å². The van der Waals surface area contributed by atoms with Gasteiger partial charge in [0.15, 0.2) is 11.5 Å². The summed E-state index contributed by atoms with van der Waals surface area (Å²) < 4.78 is 11.2. The molecule has 0 amide bonds. The van der Waals surface area contributed by atoms with E-state index in [1.165, 1.54) is 5.69 Å². The van der Waals surface area contributed by atoms with Gasteiger partial charge in [-0.3, -0.25) is 0 Å². The average Bonchev–Trinajstić information content (AvgIpc) is 2.63. The van der Waals surface area contributed by atoms with Crippen LogP contribution >= 0.6 is 0 Å². The Kier molecular flexibility index (Phi) is 5.37. The number of rotatable bonds is 6. The van der Waals surface area contributed by atoms with Crippen LogP contribution in [0, 0.1) is 0 Å². The maximum absolute atomic E-state index is 5.88. The quantitative estimate of drug-likeness (QED) is 0.875. The number of methoxy groups -OCH3 is 1. The van der Waals surface area contributed by atoms with Gasteiger partial charge in [-0.15, -0.1) is 0 Å². The Hall–Kier alpha value is -2.20. The van der Waals surface area contributed by atoms with Crippen molar-refractivity contribution in [2.45, 2.75) is 0 Å². The summed E-state index contributed by atoms with van der Waals surface area (Å²) >= 11 is 0. The standard InChI is InChI=1S/C19H24N2O2/c1-22-18-9-5-6-10-19(18)23-16-15-20-11-13-21(14-12-20)17-7-3-2-4-8-17/h2-10H,11-16H2,1H3/p+1. The molecule has 2 aromatic carbocycles. The maximum atomic E-state index is 5.88. The van der Waals surface area contributed by atoms with E-state index in [1.807, 2.05) is 24.3 Å². The van der Waals surface area contributed by atoms with E-state index in [4.69, 9.17) is 9.47 Å². The van der Waals surface area contributed by atoms with Gasteiger partial charge in [0.05, 0.1) is 33.3 Å². The first-order valence-electron chi connectivity index (χ1n) is 8.26. The summed E-state index contributed by atoms with van der Waals surface area (Å²) in [6, 6.07) is 18.5. The third kappa shape index (κ3) is 4.17. The minimum absolute atomic E-state index is 0.723. The van der Waals surface area contributed by atoms with Crippen LogP contribution in [0.3, 0.4) is 0 Å². The molecule has 0 aliphatic carbocycles. The highest BCUT2D eigenvalue weighted by Crippen LogP contribution is 2.25. The summed E-state index contributed by atoms with van der Waals surface area (Å²) in [5, 5.41) is 0. The summed E-state index contributed by atoms with van der Waals surface area (Å²) in [7, 11) is 1.68. The summed E-state index contributed by atoms with van der Waals surface area (Å²) in [6.07, 6.45) is 0. The number of nitrogens with zero attached hydrogens (tertiary/aromatic N) is 1. The molecule has 2 aromatic rings. The van der Waals surface area contributed by atoms with E-state index in [9.17, 15) is 0 Å². The molecule has 0 bridgehead atoms. The number of para-hydroxylation sites is 3. The monoisotopic (exact) mass is 313 g/mol. The predicted molar refractivity (Wildman–Crippen MR) is 92.7 cm³/mol. The second kappa shape index (κ2) is 7.88. The molecule has 1 fully saturated rings. The van der Waals surface area contributed by atoms with Crippen LogP contribution in [0.2, 0.25) is 0 Å². The summed E-state index contributed by atoms with van der Waals surface area (Å²) in [4.78, 5) is 4.07. The van der Waals surface area contributed by atoms with E-state index in [1.54, 1.807) is 12.0 Å². The number of nitrogens with one attached hydrogen (secondary N) is 1. The molecule has 1 heterocycles. The number of benzene rings is 2. The number of hydrogen-bond donors (Lipinski definition) is 1. The van der Waals surface area contributed by atoms with Crippen molar-refractivity contribution in [1.29, 1.82) is 0 Å². The largest absolute Gasteiger partial charge is 0.493 e. The Morgan fingerprint density at radius 3 is 2.26 bits per heavy atom. The molecule has 4 nitrogen and oxygen atoms in total. The van der Waals surface area contributed by atoms with Gasteiger partial charge in [0, 0.05) is 5.69 Å². The fraction of sp³-hybridized carbons (Fsp3) is 0.368. The molecular weight excluding hydrogens is 288 g/mol. The summed E-state index contributed by atoms with van der Waals surface area (Å²) in [6.45, 7) is 6.28. The first kappa shape index (κ1) is 15.7. The minimum atomic E-state index is 0.723. The number of anilines is 1. The lowest BCUT2D eigenvalue weighted by molar-refractivity contribution is -0.900. The molecule has 23 heavy (non-hydrogen) atoms. The van der Waals surface area contributed by atoms with E-state index >= 15 is 0 Å². The topological polar surface area (TPSA) is 26.1 Å². The molecule has 122 valence electrons. The number of ether oxygens (including phenoxy) is 2. The molecule has 0 aromatic heterocycles. The lowest BCUT2D eigenvalue weighted by atomic mass is 10.2. The molecule has 1 aliphatic rings. The second-order valence-electron chi connectivity index (χ2n) is 5.82. The fourth-order valence-corrected chi connectivity index (χ4v) is 3.01. The van der Waals surface area contributed by atoms with Crippen LogP contribution in [0.15, 0.2) is 54.6 Å². The summed E-state index contributed by atoms with van der Waals surface area (Å²) in [5.41, 5.74) is 1.33. The molecule has 0 spiro atoms. The number of hydrogen-bond acceptors (Lipinski definition) is 3. The third-order valence-corrected chi connectivity index (χ3v) is 4.37. The minimum Gasteiger partial charge on any atom is -0.493 e. The number of piperazine rings is 1. The van der Waals surface area contributed by atoms with Gasteiger partial charge in [-0.05, 0) is 24.3 Å². The van der Waals surface area contributed by atoms with Crippen LogP contribution < -0.4 is 19.3 Å². The molecular formula is C19H25N2O2+. The van der Waals surface area contributed by atoms with E-state index < -0.39 is 0 Å². The number of quaternary nitrogens is 1. The first-order valence-corrected chi connectivity index (χ1v) is 8.26. The van der Waals surface area contributed by atoms with Crippen LogP contribution in [-0.4, -0.2) is 46.4 Å². The highest BCUT2D eigenvalue weighted by atomic mass is 16.5. The van der Waals surface area contributed by atoms with Gasteiger partial charge in [0.2, 0.25) is 0 Å². The zero-order chi connectivity index (χ0) is 15.9. The summed E-state index contributed by atoms with van der Waals surface area (Å²) in [5.74, 6) is 1.63. The van der Waals surface area contributed by atoms with E-state index in [0.29, 0.717) is 0 Å². The fourth-order valence-electron chi connectivity index (χ4n) is 3.01. The molecule has 0 radical (unpaired) electrons. The van der Waals surface area contributed by atoms with Gasteiger partial charge in [0.25, 0.3) is 0 Å². The predicted octanol–water partition coefficient (Wildman–Crippen LogP) is 1.48. The Morgan fingerprint density at radius 2 is 1.57 bits per heavy atom. The van der Waals surface area contributed by atoms with Crippen molar-refractivity contribution in [3.05, 3.63) is 54.6 Å². The third-order valence-electron chi connectivity index (χ3n) is 4.37. The van der Waals surface area contributed by atoms with Crippen molar-refractivity contribution in [3.63, 3.8) is 0 Å². The van der Waals surface area contributed by atoms with Crippen LogP contribution in [-0.2, 0) is 0 Å². The van der Waals surface area contributed by atoms with Crippen molar-refractivity contribution in [3.8, 4) is 11.5 Å². The normalized spacial score (nSPS) is 15.4. The van der Waals surface area contributed by atoms with Crippen LogP contribution in [0.4, 0.5) is 5.69 Å². The van der Waals surface area contributed by atoms with Crippen molar-refractivity contribution >= 4 is 5.69 Å². The molecule has 1 saturated heterocycles. The molecule has 0 unspecified atom stereocenters. The highest BCUT2D eigenvalue weighted by molar-refractivity contribution is 5.46. The zero-order valence-corrected chi connectivity index (χ0v) is 13.7. The van der Waals surface area contributed by atoms with Gasteiger partial charge < -0.3 is 19.3 Å². The lowest BCUT2D eigenvalue weighted by Crippen LogP contribution is -3.15. The Morgan fingerprint density at radius 1 is 0.913 bits per heavy atom. The second-order valence-corrected chi connectivity index (χ2v) is 5.82. The Balaban J connectivity index is 1.43. The molecule has 1 N–H and O–H groups in total. The SMILES string of the molecule is COc1ccccc1OCC[NH+]1CCN(c2ccccc2)CC1. The van der Waals surface area contributed by atoms with Gasteiger partial charge in [-0.1, -0.05) is 30.3 Å². The molecule has 0 atom stereocenters. The molecule has 1 aliphatic heterocycles. The van der Waals surface area contributed by atoms with Crippen LogP contribution in [0.25, 0.3) is 0 Å². The first-order chi connectivity index (χ1) is 11.4. The van der Waals surface area contributed by atoms with Gasteiger partial charge in [0.1, 0.15) is 13.2 Å². The van der Waals surface area contributed by atoms with Gasteiger partial charge >= 0.3 is 0 Å². The van der Waals surface area contributed by atoms with Crippen LogP contribution in [0.5, 0.6) is 11.5 Å². The van der Waals surface area contributed by atoms with E-state index in [-0.39, 0.29) is 0 Å².